The molecule has 9 heavy (non-hydrogen) atoms. The molecular formula is C8H16S. The van der Waals surface area contributed by atoms with E-state index in [4.69, 9.17) is 0 Å². The molecule has 0 radical (unpaired) electrons. The van der Waals surface area contributed by atoms with Gasteiger partial charge in [-0.1, -0.05) is 32.9 Å². The lowest BCUT2D eigenvalue weighted by Gasteiger charge is -2.16. The van der Waals surface area contributed by atoms with Gasteiger partial charge in [0.15, 0.2) is 0 Å². The number of hydrogen-bond donors (Lipinski definition) is 0. The van der Waals surface area contributed by atoms with Crippen LogP contribution in [0.2, 0.25) is 0 Å². The second-order valence-electron chi connectivity index (χ2n) is 3.36. The monoisotopic (exact) mass is 144 g/mol. The SMILES string of the molecule is C=C(C)CSC(C)(C)C. The average molecular weight is 144 g/mol. The highest BCUT2D eigenvalue weighted by molar-refractivity contribution is 8.00. The maximum absolute atomic E-state index is 3.84. The average Bonchev–Trinajstić information content (AvgIpc) is 1.59. The van der Waals surface area contributed by atoms with Gasteiger partial charge in [-0.2, -0.15) is 11.8 Å². The van der Waals surface area contributed by atoms with Gasteiger partial charge in [0.05, 0.1) is 0 Å². The molecule has 0 spiro atoms. The minimum Gasteiger partial charge on any atom is -0.152 e. The van der Waals surface area contributed by atoms with Crippen LogP contribution in [0.5, 0.6) is 0 Å². The van der Waals surface area contributed by atoms with E-state index in [0.29, 0.717) is 4.75 Å². The molecule has 0 aromatic heterocycles. The van der Waals surface area contributed by atoms with Crippen molar-refractivity contribution in [3.63, 3.8) is 0 Å². The van der Waals surface area contributed by atoms with Crippen LogP contribution in [-0.4, -0.2) is 10.5 Å². The summed E-state index contributed by atoms with van der Waals surface area (Å²) in [6, 6.07) is 0. The lowest BCUT2D eigenvalue weighted by molar-refractivity contribution is 0.804. The van der Waals surface area contributed by atoms with E-state index in [1.807, 2.05) is 11.8 Å². The third-order valence-corrected chi connectivity index (χ3v) is 2.25. The highest BCUT2D eigenvalue weighted by atomic mass is 32.2. The predicted molar refractivity (Wildman–Crippen MR) is 47.0 cm³/mol. The van der Waals surface area contributed by atoms with E-state index < -0.39 is 0 Å². The fourth-order valence-electron chi connectivity index (χ4n) is 0.340. The van der Waals surface area contributed by atoms with Crippen LogP contribution in [0, 0.1) is 0 Å². The summed E-state index contributed by atoms with van der Waals surface area (Å²) < 4.78 is 0.388. The molecule has 0 fully saturated rings. The largest absolute Gasteiger partial charge is 0.152 e. The van der Waals surface area contributed by atoms with Gasteiger partial charge < -0.3 is 0 Å². The van der Waals surface area contributed by atoms with Gasteiger partial charge in [-0.05, 0) is 6.92 Å². The normalized spacial score (nSPS) is 11.6. The van der Waals surface area contributed by atoms with E-state index in [1.54, 1.807) is 0 Å². The van der Waals surface area contributed by atoms with Crippen molar-refractivity contribution in [3.05, 3.63) is 12.2 Å². The second-order valence-corrected chi connectivity index (χ2v) is 5.16. The number of hydrogen-bond acceptors (Lipinski definition) is 1. The third kappa shape index (κ3) is 8.09. The maximum atomic E-state index is 3.84. The van der Waals surface area contributed by atoms with Crippen molar-refractivity contribution in [2.75, 3.05) is 5.75 Å². The summed E-state index contributed by atoms with van der Waals surface area (Å²) in [5.74, 6) is 1.09. The molecule has 0 aliphatic rings. The smallest absolute Gasteiger partial charge is 0.0143 e. The van der Waals surface area contributed by atoms with Crippen LogP contribution in [0.15, 0.2) is 12.2 Å². The van der Waals surface area contributed by atoms with Crippen LogP contribution in [0.4, 0.5) is 0 Å². The highest BCUT2D eigenvalue weighted by Gasteiger charge is 2.08. The molecule has 0 bridgehead atoms. The first-order valence-electron chi connectivity index (χ1n) is 3.20. The first-order valence-corrected chi connectivity index (χ1v) is 4.19. The summed E-state index contributed by atoms with van der Waals surface area (Å²) >= 11 is 1.94. The Labute approximate surface area is 62.7 Å². The van der Waals surface area contributed by atoms with Crippen molar-refractivity contribution >= 4 is 11.8 Å². The molecule has 0 heterocycles. The van der Waals surface area contributed by atoms with Crippen molar-refractivity contribution in [1.29, 1.82) is 0 Å². The van der Waals surface area contributed by atoms with Crippen LogP contribution >= 0.6 is 11.8 Å². The standard InChI is InChI=1S/C8H16S/c1-7(2)6-9-8(3,4)5/h1,6H2,2-5H3. The Morgan fingerprint density at radius 3 is 2.00 bits per heavy atom. The van der Waals surface area contributed by atoms with Crippen molar-refractivity contribution in [3.8, 4) is 0 Å². The van der Waals surface area contributed by atoms with Crippen LogP contribution < -0.4 is 0 Å². The summed E-state index contributed by atoms with van der Waals surface area (Å²) in [5, 5.41) is 0. The third-order valence-electron chi connectivity index (χ3n) is 0.752. The molecule has 1 heteroatoms. The van der Waals surface area contributed by atoms with Crippen molar-refractivity contribution in [2.24, 2.45) is 0 Å². The van der Waals surface area contributed by atoms with E-state index in [0.717, 1.165) is 5.75 Å². The molecule has 0 aliphatic carbocycles. The van der Waals surface area contributed by atoms with Gasteiger partial charge in [0.25, 0.3) is 0 Å². The molecule has 0 aromatic rings. The predicted octanol–water partition coefficient (Wildman–Crippen LogP) is 3.09. The molecule has 0 saturated carbocycles. The van der Waals surface area contributed by atoms with Crippen molar-refractivity contribution < 1.29 is 0 Å². The molecule has 0 unspecified atom stereocenters. The Morgan fingerprint density at radius 1 is 1.44 bits per heavy atom. The first kappa shape index (κ1) is 9.09. The molecule has 0 aliphatic heterocycles. The van der Waals surface area contributed by atoms with E-state index in [-0.39, 0.29) is 0 Å². The summed E-state index contributed by atoms with van der Waals surface area (Å²) in [6.45, 7) is 12.6. The van der Waals surface area contributed by atoms with E-state index in [9.17, 15) is 0 Å². The maximum Gasteiger partial charge on any atom is 0.0143 e. The van der Waals surface area contributed by atoms with Crippen LogP contribution in [0.3, 0.4) is 0 Å². The summed E-state index contributed by atoms with van der Waals surface area (Å²) in [6.07, 6.45) is 0. The van der Waals surface area contributed by atoms with Crippen LogP contribution in [0.25, 0.3) is 0 Å². The van der Waals surface area contributed by atoms with E-state index >= 15 is 0 Å². The van der Waals surface area contributed by atoms with Gasteiger partial charge in [0.1, 0.15) is 0 Å². The Balaban J connectivity index is 3.39. The van der Waals surface area contributed by atoms with Crippen molar-refractivity contribution in [2.45, 2.75) is 32.4 Å². The fraction of sp³-hybridized carbons (Fsp3) is 0.750. The van der Waals surface area contributed by atoms with Gasteiger partial charge >= 0.3 is 0 Å². The fourth-order valence-corrected chi connectivity index (χ4v) is 1.02. The minimum atomic E-state index is 0.388. The molecule has 0 N–H and O–H groups in total. The molecule has 0 atom stereocenters. The van der Waals surface area contributed by atoms with Gasteiger partial charge in [0, 0.05) is 10.5 Å². The first-order chi connectivity index (χ1) is 3.92. The summed E-state index contributed by atoms with van der Waals surface area (Å²) in [4.78, 5) is 0. The molecule has 0 rings (SSSR count). The lowest BCUT2D eigenvalue weighted by atomic mass is 10.3. The topological polar surface area (TPSA) is 0 Å². The Bertz CT molecular complexity index is 97.6. The van der Waals surface area contributed by atoms with Gasteiger partial charge in [0.2, 0.25) is 0 Å². The van der Waals surface area contributed by atoms with Crippen molar-refractivity contribution in [1.82, 2.24) is 0 Å². The molecule has 0 nitrogen and oxygen atoms in total. The van der Waals surface area contributed by atoms with E-state index in [1.165, 1.54) is 5.57 Å². The quantitative estimate of drug-likeness (QED) is 0.537. The Morgan fingerprint density at radius 2 is 1.89 bits per heavy atom. The zero-order valence-electron chi connectivity index (χ0n) is 6.82. The Hall–Kier alpha value is 0.0900. The summed E-state index contributed by atoms with van der Waals surface area (Å²) in [5.41, 5.74) is 1.26. The Kier molecular flexibility index (Phi) is 3.34. The summed E-state index contributed by atoms with van der Waals surface area (Å²) in [7, 11) is 0. The zero-order valence-corrected chi connectivity index (χ0v) is 7.64. The molecule has 54 valence electrons. The highest BCUT2D eigenvalue weighted by Crippen LogP contribution is 2.24. The molecular weight excluding hydrogens is 128 g/mol. The number of thioether (sulfide) groups is 1. The van der Waals surface area contributed by atoms with E-state index in [2.05, 4.69) is 34.3 Å². The second kappa shape index (κ2) is 3.31. The zero-order chi connectivity index (χ0) is 7.49. The molecule has 0 saturated heterocycles. The van der Waals surface area contributed by atoms with Gasteiger partial charge in [-0.25, -0.2) is 0 Å². The lowest BCUT2D eigenvalue weighted by Crippen LogP contribution is -2.08. The molecule has 0 aromatic carbocycles. The van der Waals surface area contributed by atoms with Gasteiger partial charge in [-0.15, -0.1) is 0 Å². The van der Waals surface area contributed by atoms with Crippen LogP contribution in [0.1, 0.15) is 27.7 Å². The molecule has 0 amide bonds. The number of rotatable bonds is 2. The van der Waals surface area contributed by atoms with Crippen LogP contribution in [-0.2, 0) is 0 Å². The minimum absolute atomic E-state index is 0.388. The van der Waals surface area contributed by atoms with Gasteiger partial charge in [-0.3, -0.25) is 0 Å².